The minimum absolute atomic E-state index is 0.00612. The molecule has 2 N–H and O–H groups in total. The summed E-state index contributed by atoms with van der Waals surface area (Å²) in [6.07, 6.45) is -2.82. The summed E-state index contributed by atoms with van der Waals surface area (Å²) in [5.74, 6) is -2.53. The van der Waals surface area contributed by atoms with Gasteiger partial charge in [-0.05, 0) is 54.3 Å². The third-order valence-corrected chi connectivity index (χ3v) is 7.13. The van der Waals surface area contributed by atoms with Crippen LogP contribution in [0, 0.1) is 5.41 Å². The van der Waals surface area contributed by atoms with E-state index in [-0.39, 0.29) is 18.4 Å². The first kappa shape index (κ1) is 30.6. The van der Waals surface area contributed by atoms with Gasteiger partial charge in [0.2, 0.25) is 5.91 Å². The fraction of sp³-hybridized carbons (Fsp3) is 0.267. The summed E-state index contributed by atoms with van der Waals surface area (Å²) in [6, 6.07) is 22.4. The van der Waals surface area contributed by atoms with Gasteiger partial charge in [0, 0.05) is 41.5 Å². The van der Waals surface area contributed by atoms with Gasteiger partial charge in [-0.25, -0.2) is 4.79 Å². The number of benzene rings is 3. The van der Waals surface area contributed by atoms with Crippen molar-refractivity contribution in [3.63, 3.8) is 0 Å². The number of hydrogen-bond acceptors (Lipinski definition) is 4. The van der Waals surface area contributed by atoms with E-state index in [1.807, 2.05) is 48.5 Å². The minimum atomic E-state index is -5.08. The van der Waals surface area contributed by atoms with Crippen molar-refractivity contribution in [1.82, 2.24) is 9.80 Å². The second kappa shape index (κ2) is 13.1. The van der Waals surface area contributed by atoms with Crippen LogP contribution < -0.4 is 4.90 Å². The highest BCUT2D eigenvalue weighted by Gasteiger charge is 2.38. The van der Waals surface area contributed by atoms with Gasteiger partial charge in [-0.15, -0.1) is 0 Å². The highest BCUT2D eigenvalue weighted by molar-refractivity contribution is 6.30. The highest BCUT2D eigenvalue weighted by Crippen LogP contribution is 2.28. The van der Waals surface area contributed by atoms with E-state index in [1.54, 1.807) is 34.1 Å². The van der Waals surface area contributed by atoms with Crippen molar-refractivity contribution in [3.8, 4) is 0 Å². The zero-order chi connectivity index (χ0) is 30.4. The zero-order valence-corrected chi connectivity index (χ0v) is 23.2. The zero-order valence-electron chi connectivity index (χ0n) is 22.4. The van der Waals surface area contributed by atoms with Gasteiger partial charge in [-0.3, -0.25) is 15.0 Å². The quantitative estimate of drug-likeness (QED) is 0.300. The van der Waals surface area contributed by atoms with Crippen LogP contribution in [0.1, 0.15) is 39.9 Å². The minimum Gasteiger partial charge on any atom is -0.475 e. The molecule has 5 rings (SSSR count). The molecule has 8 nitrogen and oxygen atoms in total. The number of amidine groups is 1. The average molecular weight is 601 g/mol. The second-order valence-corrected chi connectivity index (χ2v) is 10.3. The van der Waals surface area contributed by atoms with Gasteiger partial charge < -0.3 is 19.8 Å². The lowest BCUT2D eigenvalue weighted by molar-refractivity contribution is -0.192. The number of carbonyl (C=O) groups is 3. The molecule has 2 aliphatic heterocycles. The molecule has 1 fully saturated rings. The molecule has 3 aromatic rings. The first-order valence-electron chi connectivity index (χ1n) is 13.1. The number of para-hydroxylation sites is 1. The van der Waals surface area contributed by atoms with Crippen molar-refractivity contribution < 1.29 is 32.7 Å². The summed E-state index contributed by atoms with van der Waals surface area (Å²) in [6.45, 7) is 2.62. The molecule has 42 heavy (non-hydrogen) atoms. The molecule has 3 aromatic carbocycles. The smallest absolute Gasteiger partial charge is 0.475 e. The number of aliphatic carboxylic acids is 1. The van der Waals surface area contributed by atoms with Crippen LogP contribution in [-0.2, 0) is 22.7 Å². The Hall–Kier alpha value is -4.38. The van der Waals surface area contributed by atoms with Crippen molar-refractivity contribution >= 4 is 40.9 Å². The van der Waals surface area contributed by atoms with Gasteiger partial charge in [0.05, 0.1) is 6.54 Å². The molecule has 0 saturated carbocycles. The number of carboxylic acids is 1. The standard InChI is InChI=1S/C28H27ClN4O2.C2HF3O2/c29-24-13-11-22(12-14-24)28(35)32-18-23-5-1-2-6-25(23)33(26(34)19-32)17-20-7-9-21(10-8-20)27(30)31-15-3-4-16-31;3-2(4,5)1(6)7/h1-2,5-14,30H,3-4,15-19H2;(H,6,7). The molecule has 0 spiro atoms. The van der Waals surface area contributed by atoms with E-state index >= 15 is 0 Å². The Bertz CT molecular complexity index is 1460. The molecular formula is C30H28ClF3N4O4. The molecule has 0 radical (unpaired) electrons. The lowest BCUT2D eigenvalue weighted by Gasteiger charge is -2.24. The summed E-state index contributed by atoms with van der Waals surface area (Å²) in [4.78, 5) is 40.9. The van der Waals surface area contributed by atoms with Crippen LogP contribution in [0.4, 0.5) is 18.9 Å². The molecule has 0 aliphatic carbocycles. The molecule has 1 saturated heterocycles. The Morgan fingerprint density at radius 3 is 2.02 bits per heavy atom. The number of carboxylic acid groups (broad SMARTS) is 1. The Kier molecular flexibility index (Phi) is 9.52. The van der Waals surface area contributed by atoms with Crippen molar-refractivity contribution in [2.75, 3.05) is 24.5 Å². The van der Waals surface area contributed by atoms with E-state index in [4.69, 9.17) is 26.9 Å². The van der Waals surface area contributed by atoms with Crippen LogP contribution >= 0.6 is 11.6 Å². The summed E-state index contributed by atoms with van der Waals surface area (Å²) in [5, 5.41) is 16.2. The van der Waals surface area contributed by atoms with Crippen LogP contribution in [-0.4, -0.2) is 64.3 Å². The fourth-order valence-electron chi connectivity index (χ4n) is 4.72. The Labute approximate surface area is 245 Å². The molecule has 2 heterocycles. The molecule has 2 aliphatic rings. The lowest BCUT2D eigenvalue weighted by atomic mass is 10.1. The van der Waals surface area contributed by atoms with E-state index < -0.39 is 12.1 Å². The number of anilines is 1. The van der Waals surface area contributed by atoms with Crippen LogP contribution in [0.25, 0.3) is 0 Å². The fourth-order valence-corrected chi connectivity index (χ4v) is 4.84. The van der Waals surface area contributed by atoms with E-state index in [2.05, 4.69) is 4.90 Å². The second-order valence-electron chi connectivity index (χ2n) is 9.82. The number of alkyl halides is 3. The number of halogens is 4. The monoisotopic (exact) mass is 600 g/mol. The molecule has 0 unspecified atom stereocenters. The number of nitrogens with zero attached hydrogens (tertiary/aromatic N) is 3. The third-order valence-electron chi connectivity index (χ3n) is 6.88. The molecular weight excluding hydrogens is 573 g/mol. The average Bonchev–Trinajstić information content (AvgIpc) is 3.47. The van der Waals surface area contributed by atoms with E-state index in [0.29, 0.717) is 29.5 Å². The first-order valence-corrected chi connectivity index (χ1v) is 13.5. The predicted molar refractivity (Wildman–Crippen MR) is 152 cm³/mol. The SMILES string of the molecule is N=C(c1ccc(CN2C(=O)CN(C(=O)c3ccc(Cl)cc3)Cc3ccccc32)cc1)N1CCCC1.O=C(O)C(F)(F)F. The number of rotatable bonds is 4. The predicted octanol–water partition coefficient (Wildman–Crippen LogP) is 5.58. The van der Waals surface area contributed by atoms with Crippen LogP contribution in [0.2, 0.25) is 5.02 Å². The van der Waals surface area contributed by atoms with Crippen molar-refractivity contribution in [2.45, 2.75) is 32.1 Å². The van der Waals surface area contributed by atoms with Gasteiger partial charge in [-0.1, -0.05) is 54.1 Å². The van der Waals surface area contributed by atoms with E-state index in [9.17, 15) is 22.8 Å². The third kappa shape index (κ3) is 7.47. The number of nitrogens with one attached hydrogen (secondary N) is 1. The van der Waals surface area contributed by atoms with Gasteiger partial charge in [0.1, 0.15) is 12.4 Å². The Morgan fingerprint density at radius 2 is 1.43 bits per heavy atom. The lowest BCUT2D eigenvalue weighted by Crippen LogP contribution is -2.39. The summed E-state index contributed by atoms with van der Waals surface area (Å²) >= 11 is 5.97. The van der Waals surface area contributed by atoms with E-state index in [1.165, 1.54) is 0 Å². The maximum Gasteiger partial charge on any atom is 0.490 e. The normalized spacial score (nSPS) is 15.0. The van der Waals surface area contributed by atoms with Crippen molar-refractivity contribution in [3.05, 3.63) is 100 Å². The summed E-state index contributed by atoms with van der Waals surface area (Å²) < 4.78 is 31.7. The molecule has 12 heteroatoms. The molecule has 0 bridgehead atoms. The van der Waals surface area contributed by atoms with Gasteiger partial charge >= 0.3 is 12.1 Å². The first-order chi connectivity index (χ1) is 19.9. The number of likely N-dealkylation sites (tertiary alicyclic amines) is 1. The van der Waals surface area contributed by atoms with Crippen LogP contribution in [0.3, 0.4) is 0 Å². The Morgan fingerprint density at radius 1 is 0.857 bits per heavy atom. The van der Waals surface area contributed by atoms with E-state index in [0.717, 1.165) is 48.3 Å². The van der Waals surface area contributed by atoms with Gasteiger partial charge in [0.15, 0.2) is 0 Å². The number of amides is 2. The molecule has 0 atom stereocenters. The van der Waals surface area contributed by atoms with Gasteiger partial charge in [0.25, 0.3) is 5.91 Å². The number of carbonyl (C=O) groups excluding carboxylic acids is 2. The Balaban J connectivity index is 0.000000517. The van der Waals surface area contributed by atoms with Crippen molar-refractivity contribution in [2.24, 2.45) is 0 Å². The number of fused-ring (bicyclic) bond motifs is 1. The molecule has 220 valence electrons. The summed E-state index contributed by atoms with van der Waals surface area (Å²) in [7, 11) is 0. The largest absolute Gasteiger partial charge is 0.490 e. The number of hydrogen-bond donors (Lipinski definition) is 2. The maximum absolute atomic E-state index is 13.4. The molecule has 2 amide bonds. The van der Waals surface area contributed by atoms with Crippen molar-refractivity contribution in [1.29, 1.82) is 5.41 Å². The molecule has 0 aromatic heterocycles. The topological polar surface area (TPSA) is 105 Å². The maximum atomic E-state index is 13.4. The van der Waals surface area contributed by atoms with Crippen LogP contribution in [0.15, 0.2) is 72.8 Å². The highest BCUT2D eigenvalue weighted by atomic mass is 35.5. The van der Waals surface area contributed by atoms with Crippen LogP contribution in [0.5, 0.6) is 0 Å². The summed E-state index contributed by atoms with van der Waals surface area (Å²) in [5.41, 5.74) is 4.11. The van der Waals surface area contributed by atoms with Gasteiger partial charge in [-0.2, -0.15) is 13.2 Å².